The third-order valence-corrected chi connectivity index (χ3v) is 6.29. The zero-order valence-corrected chi connectivity index (χ0v) is 13.8. The van der Waals surface area contributed by atoms with Gasteiger partial charge in [-0.2, -0.15) is 0 Å². The van der Waals surface area contributed by atoms with E-state index in [0.717, 1.165) is 25.9 Å². The van der Waals surface area contributed by atoms with Crippen LogP contribution >= 0.6 is 11.3 Å². The van der Waals surface area contributed by atoms with Crippen LogP contribution < -0.4 is 4.90 Å². The maximum absolute atomic E-state index is 11.2. The molecule has 0 amide bonds. The molecular weight excluding hydrogens is 288 g/mol. The van der Waals surface area contributed by atoms with Gasteiger partial charge in [-0.3, -0.25) is 10.1 Å². The first kappa shape index (κ1) is 16.2. The summed E-state index contributed by atoms with van der Waals surface area (Å²) >= 11 is 1.35. The van der Waals surface area contributed by atoms with Gasteiger partial charge in [0.15, 0.2) is 5.00 Å². The maximum atomic E-state index is 11.2. The Morgan fingerprint density at radius 1 is 1.43 bits per heavy atom. The molecule has 118 valence electrons. The largest absolute Gasteiger partial charge is 0.388 e. The van der Waals surface area contributed by atoms with Crippen LogP contribution in [0.15, 0.2) is 6.07 Å². The van der Waals surface area contributed by atoms with E-state index >= 15 is 0 Å². The second-order valence-corrected chi connectivity index (χ2v) is 7.03. The van der Waals surface area contributed by atoms with Crippen molar-refractivity contribution in [1.29, 1.82) is 0 Å². The van der Waals surface area contributed by atoms with Crippen molar-refractivity contribution < 1.29 is 10.0 Å². The topological polar surface area (TPSA) is 66.6 Å². The van der Waals surface area contributed by atoms with Crippen LogP contribution in [-0.4, -0.2) is 23.1 Å². The van der Waals surface area contributed by atoms with Gasteiger partial charge in [0.2, 0.25) is 0 Å². The van der Waals surface area contributed by atoms with Crippen LogP contribution in [0.2, 0.25) is 0 Å². The molecule has 6 heteroatoms. The fraction of sp³-hybridized carbons (Fsp3) is 0.733. The highest BCUT2D eigenvalue weighted by Gasteiger charge is 2.34. The van der Waals surface area contributed by atoms with Crippen LogP contribution in [0.1, 0.15) is 57.4 Å². The van der Waals surface area contributed by atoms with E-state index in [9.17, 15) is 15.2 Å². The molecule has 0 saturated carbocycles. The van der Waals surface area contributed by atoms with Crippen LogP contribution in [0.3, 0.4) is 0 Å². The summed E-state index contributed by atoms with van der Waals surface area (Å²) in [6.07, 6.45) is 3.85. The first-order chi connectivity index (χ1) is 9.92. The lowest BCUT2D eigenvalue weighted by molar-refractivity contribution is -0.383. The maximum Gasteiger partial charge on any atom is 0.304 e. The number of thiophene rings is 1. The molecule has 0 spiro atoms. The molecule has 0 unspecified atom stereocenters. The Hall–Kier alpha value is -1.14. The minimum atomic E-state index is -0.655. The van der Waals surface area contributed by atoms with E-state index < -0.39 is 6.10 Å². The molecule has 0 bridgehead atoms. The van der Waals surface area contributed by atoms with E-state index in [1.165, 1.54) is 30.2 Å². The normalized spacial score (nSPS) is 19.5. The lowest BCUT2D eigenvalue weighted by Gasteiger charge is -2.41. The number of rotatable bonds is 5. The third-order valence-electron chi connectivity index (χ3n) is 4.93. The Kier molecular flexibility index (Phi) is 4.88. The minimum absolute atomic E-state index is 0.136. The van der Waals surface area contributed by atoms with Crippen molar-refractivity contribution >= 4 is 22.0 Å². The molecule has 0 aliphatic carbocycles. The van der Waals surface area contributed by atoms with Crippen LogP contribution in [0, 0.1) is 15.5 Å². The number of piperidine rings is 1. The summed E-state index contributed by atoms with van der Waals surface area (Å²) in [6.45, 7) is 7.84. The van der Waals surface area contributed by atoms with E-state index in [0.29, 0.717) is 15.3 Å². The van der Waals surface area contributed by atoms with Crippen LogP contribution in [0.5, 0.6) is 0 Å². The summed E-state index contributed by atoms with van der Waals surface area (Å²) in [6, 6.07) is 1.52. The summed E-state index contributed by atoms with van der Waals surface area (Å²) in [5.41, 5.74) is 0.534. The second-order valence-electron chi connectivity index (χ2n) is 5.97. The van der Waals surface area contributed by atoms with Gasteiger partial charge in [-0.25, -0.2) is 0 Å². The number of hydrogen-bond donors (Lipinski definition) is 1. The Bertz CT molecular complexity index is 499. The summed E-state index contributed by atoms with van der Waals surface area (Å²) in [4.78, 5) is 13.7. The van der Waals surface area contributed by atoms with Gasteiger partial charge in [0, 0.05) is 24.0 Å². The Balaban J connectivity index is 2.21. The molecule has 1 aliphatic heterocycles. The van der Waals surface area contributed by atoms with Gasteiger partial charge in [-0.05, 0) is 25.2 Å². The van der Waals surface area contributed by atoms with E-state index in [1.54, 1.807) is 6.92 Å². The van der Waals surface area contributed by atoms with Crippen molar-refractivity contribution in [3.8, 4) is 0 Å². The fourth-order valence-corrected chi connectivity index (χ4v) is 4.21. The van der Waals surface area contributed by atoms with Gasteiger partial charge < -0.3 is 10.0 Å². The number of nitrogens with zero attached hydrogens (tertiary/aromatic N) is 2. The molecule has 0 aromatic carbocycles. The quantitative estimate of drug-likeness (QED) is 0.656. The number of hydrogen-bond acceptors (Lipinski definition) is 5. The average molecular weight is 312 g/mol. The van der Waals surface area contributed by atoms with E-state index in [2.05, 4.69) is 18.7 Å². The highest BCUT2D eigenvalue weighted by atomic mass is 32.1. The molecule has 5 nitrogen and oxygen atoms in total. The zero-order chi connectivity index (χ0) is 15.6. The van der Waals surface area contributed by atoms with Crippen molar-refractivity contribution in [3.05, 3.63) is 21.1 Å². The van der Waals surface area contributed by atoms with Gasteiger partial charge in [0.05, 0.1) is 11.0 Å². The van der Waals surface area contributed by atoms with Crippen molar-refractivity contribution in [2.45, 2.75) is 52.6 Å². The first-order valence-corrected chi connectivity index (χ1v) is 8.45. The molecule has 1 aromatic rings. The Morgan fingerprint density at radius 3 is 2.43 bits per heavy atom. The van der Waals surface area contributed by atoms with Gasteiger partial charge in [-0.1, -0.05) is 26.7 Å². The third kappa shape index (κ3) is 3.21. The Morgan fingerprint density at radius 2 is 2.00 bits per heavy atom. The van der Waals surface area contributed by atoms with Crippen molar-refractivity contribution in [3.63, 3.8) is 0 Å². The lowest BCUT2D eigenvalue weighted by atomic mass is 9.74. The monoisotopic (exact) mass is 312 g/mol. The highest BCUT2D eigenvalue weighted by Crippen LogP contribution is 2.44. The van der Waals surface area contributed by atoms with E-state index in [1.807, 2.05) is 0 Å². The molecule has 2 rings (SSSR count). The number of nitro groups is 1. The van der Waals surface area contributed by atoms with Crippen molar-refractivity contribution in [1.82, 2.24) is 0 Å². The predicted octanol–water partition coefficient (Wildman–Crippen LogP) is 4.12. The zero-order valence-electron chi connectivity index (χ0n) is 13.0. The van der Waals surface area contributed by atoms with Gasteiger partial charge >= 0.3 is 5.69 Å². The molecular formula is C15H24N2O3S. The molecule has 1 N–H and O–H groups in total. The SMILES string of the molecule is CCC1(CC)CCN(c2sc([C@H](C)O)cc2[N+](=O)[O-])CC1. The molecule has 0 radical (unpaired) electrons. The van der Waals surface area contributed by atoms with E-state index in [-0.39, 0.29) is 10.6 Å². The standard InChI is InChI=1S/C15H24N2O3S/c1-4-15(5-2)6-8-16(9-7-15)14-12(17(19)20)10-13(21-14)11(3)18/h10-11,18H,4-9H2,1-3H3/t11-/m0/s1. The molecule has 1 aromatic heterocycles. The van der Waals surface area contributed by atoms with Crippen LogP contribution in [-0.2, 0) is 0 Å². The summed E-state index contributed by atoms with van der Waals surface area (Å²) in [5.74, 6) is 0. The average Bonchev–Trinajstić information content (AvgIpc) is 2.93. The molecule has 1 fully saturated rings. The first-order valence-electron chi connectivity index (χ1n) is 7.63. The Labute approximate surface area is 129 Å². The second kappa shape index (κ2) is 6.32. The van der Waals surface area contributed by atoms with Crippen LogP contribution in [0.4, 0.5) is 10.7 Å². The number of aliphatic hydroxyl groups excluding tert-OH is 1. The smallest absolute Gasteiger partial charge is 0.304 e. The fourth-order valence-electron chi connectivity index (χ4n) is 3.09. The number of anilines is 1. The van der Waals surface area contributed by atoms with Crippen molar-refractivity contribution in [2.24, 2.45) is 5.41 Å². The predicted molar refractivity (Wildman–Crippen MR) is 86.1 cm³/mol. The van der Waals surface area contributed by atoms with E-state index in [4.69, 9.17) is 0 Å². The molecule has 21 heavy (non-hydrogen) atoms. The molecule has 1 atom stereocenters. The highest BCUT2D eigenvalue weighted by molar-refractivity contribution is 7.16. The molecule has 1 saturated heterocycles. The summed E-state index contributed by atoms with van der Waals surface area (Å²) in [5, 5.41) is 21.6. The summed E-state index contributed by atoms with van der Waals surface area (Å²) < 4.78 is 0. The van der Waals surface area contributed by atoms with Crippen molar-refractivity contribution in [2.75, 3.05) is 18.0 Å². The van der Waals surface area contributed by atoms with Gasteiger partial charge in [0.1, 0.15) is 0 Å². The number of aliphatic hydroxyl groups is 1. The summed E-state index contributed by atoms with van der Waals surface area (Å²) in [7, 11) is 0. The van der Waals surface area contributed by atoms with Gasteiger partial charge in [0.25, 0.3) is 0 Å². The van der Waals surface area contributed by atoms with Crippen LogP contribution in [0.25, 0.3) is 0 Å². The minimum Gasteiger partial charge on any atom is -0.388 e. The molecule has 1 aliphatic rings. The van der Waals surface area contributed by atoms with Gasteiger partial charge in [-0.15, -0.1) is 11.3 Å². The lowest BCUT2D eigenvalue weighted by Crippen LogP contribution is -2.39. The molecule has 2 heterocycles.